The monoisotopic (exact) mass is 597 g/mol. The van der Waals surface area contributed by atoms with Gasteiger partial charge in [0.25, 0.3) is 0 Å². The van der Waals surface area contributed by atoms with Crippen molar-refractivity contribution in [2.45, 2.75) is 65.0 Å². The third-order valence-corrected chi connectivity index (χ3v) is 8.43. The molecule has 3 aromatic rings. The molecule has 0 spiro atoms. The first-order valence-corrected chi connectivity index (χ1v) is 16.0. The van der Waals surface area contributed by atoms with Gasteiger partial charge in [0.05, 0.1) is 23.7 Å². The van der Waals surface area contributed by atoms with Crippen LogP contribution in [0.2, 0.25) is 0 Å². The van der Waals surface area contributed by atoms with Gasteiger partial charge in [-0.2, -0.15) is 0 Å². The number of amides is 1. The molecule has 1 fully saturated rings. The van der Waals surface area contributed by atoms with Gasteiger partial charge < -0.3 is 26.4 Å². The van der Waals surface area contributed by atoms with Crippen LogP contribution in [0.1, 0.15) is 55.2 Å². The summed E-state index contributed by atoms with van der Waals surface area (Å²) in [7, 11) is 0. The van der Waals surface area contributed by atoms with Crippen molar-refractivity contribution in [3.63, 3.8) is 0 Å². The van der Waals surface area contributed by atoms with Gasteiger partial charge in [-0.25, -0.2) is 4.98 Å². The van der Waals surface area contributed by atoms with Crippen LogP contribution < -0.4 is 21.3 Å². The number of aliphatic imine (C=N–C) groups is 1. The SMILES string of the molecule is Cc1cc(C)cc(N(CCCC(N)=O)Cc2ccc3nc(NCCCNCCO)n(/C=C4\CCC[C@@H]5C=CC=NC45)c3c2)c1. The first-order valence-electron chi connectivity index (χ1n) is 16.0. The molecule has 0 radical (unpaired) electrons. The number of hydrogen-bond donors (Lipinski definition) is 4. The molecule has 2 heterocycles. The quantitative estimate of drug-likeness (QED) is 0.184. The summed E-state index contributed by atoms with van der Waals surface area (Å²) in [5.41, 5.74) is 13.6. The fourth-order valence-corrected chi connectivity index (χ4v) is 6.38. The summed E-state index contributed by atoms with van der Waals surface area (Å²) in [5.74, 6) is 1.01. The minimum absolute atomic E-state index is 0.144. The van der Waals surface area contributed by atoms with Crippen LogP contribution in [0.4, 0.5) is 11.6 Å². The summed E-state index contributed by atoms with van der Waals surface area (Å²) in [6.07, 6.45) is 13.9. The highest BCUT2D eigenvalue weighted by Gasteiger charge is 2.28. The van der Waals surface area contributed by atoms with Crippen LogP contribution in [-0.2, 0) is 11.3 Å². The Kier molecular flexibility index (Phi) is 10.9. The van der Waals surface area contributed by atoms with Gasteiger partial charge in [-0.15, -0.1) is 0 Å². The van der Waals surface area contributed by atoms with Crippen LogP contribution in [0.15, 0.2) is 59.1 Å². The van der Waals surface area contributed by atoms with Gasteiger partial charge in [0.1, 0.15) is 0 Å². The van der Waals surface area contributed by atoms with Gasteiger partial charge in [-0.3, -0.25) is 14.4 Å². The molecule has 2 aliphatic rings. The zero-order valence-electron chi connectivity index (χ0n) is 26.1. The molecule has 5 N–H and O–H groups in total. The molecule has 44 heavy (non-hydrogen) atoms. The molecule has 1 aliphatic heterocycles. The van der Waals surface area contributed by atoms with Gasteiger partial charge in [-0.05, 0) is 105 Å². The van der Waals surface area contributed by atoms with E-state index in [1.165, 1.54) is 28.7 Å². The summed E-state index contributed by atoms with van der Waals surface area (Å²) in [5, 5.41) is 15.9. The zero-order chi connectivity index (χ0) is 30.9. The second kappa shape index (κ2) is 15.2. The van der Waals surface area contributed by atoms with Crippen molar-refractivity contribution in [1.82, 2.24) is 14.9 Å². The largest absolute Gasteiger partial charge is 0.395 e. The van der Waals surface area contributed by atoms with E-state index < -0.39 is 0 Å². The number of primary amides is 1. The molecule has 9 heteroatoms. The van der Waals surface area contributed by atoms with Gasteiger partial charge >= 0.3 is 0 Å². The maximum absolute atomic E-state index is 11.5. The van der Waals surface area contributed by atoms with E-state index in [0.29, 0.717) is 31.8 Å². The van der Waals surface area contributed by atoms with Crippen LogP contribution in [-0.4, -0.2) is 65.6 Å². The summed E-state index contributed by atoms with van der Waals surface area (Å²) in [6.45, 7) is 8.03. The first kappa shape index (κ1) is 31.5. The maximum atomic E-state index is 11.5. The molecule has 1 amide bonds. The number of hydrogen-bond acceptors (Lipinski definition) is 7. The Morgan fingerprint density at radius 1 is 1.14 bits per heavy atom. The number of imidazole rings is 1. The smallest absolute Gasteiger partial charge is 0.217 e. The van der Waals surface area contributed by atoms with E-state index in [2.05, 4.69) is 88.7 Å². The number of nitrogens with one attached hydrogen (secondary N) is 2. The fraction of sp³-hybridized carbons (Fsp3) is 0.457. The lowest BCUT2D eigenvalue weighted by atomic mass is 9.80. The Balaban J connectivity index is 1.46. The number of aromatic nitrogens is 2. The zero-order valence-corrected chi connectivity index (χ0v) is 26.1. The molecule has 9 nitrogen and oxygen atoms in total. The number of aliphatic hydroxyl groups is 1. The van der Waals surface area contributed by atoms with Gasteiger partial charge in [-0.1, -0.05) is 18.2 Å². The lowest BCUT2D eigenvalue weighted by molar-refractivity contribution is -0.118. The molecular formula is C35H47N7O2. The van der Waals surface area contributed by atoms with Crippen molar-refractivity contribution in [3.8, 4) is 0 Å². The van der Waals surface area contributed by atoms with E-state index in [9.17, 15) is 4.79 Å². The van der Waals surface area contributed by atoms with Crippen LogP contribution in [0.25, 0.3) is 17.2 Å². The van der Waals surface area contributed by atoms with E-state index >= 15 is 0 Å². The van der Waals surface area contributed by atoms with E-state index in [4.69, 9.17) is 20.8 Å². The normalized spacial score (nSPS) is 18.6. The van der Waals surface area contributed by atoms with Gasteiger partial charge in [0, 0.05) is 56.6 Å². The minimum atomic E-state index is -0.268. The number of carbonyl (C=O) groups is 1. The molecule has 5 rings (SSSR count). The van der Waals surface area contributed by atoms with Crippen LogP contribution in [0.3, 0.4) is 0 Å². The Morgan fingerprint density at radius 3 is 2.77 bits per heavy atom. The lowest BCUT2D eigenvalue weighted by Crippen LogP contribution is -2.26. The number of anilines is 2. The molecule has 2 aromatic carbocycles. The number of benzene rings is 2. The molecular weight excluding hydrogens is 550 g/mol. The number of nitrogens with zero attached hydrogens (tertiary/aromatic N) is 4. The number of aryl methyl sites for hydroxylation is 2. The third-order valence-electron chi connectivity index (χ3n) is 8.43. The number of aliphatic hydroxyl groups excluding tert-OH is 1. The molecule has 0 saturated heterocycles. The summed E-state index contributed by atoms with van der Waals surface area (Å²) >= 11 is 0. The van der Waals surface area contributed by atoms with E-state index in [0.717, 1.165) is 61.6 Å². The number of carbonyl (C=O) groups excluding carboxylic acids is 1. The standard InChI is InChI=1S/C35H47N7O2/c1-25-19-26(2)21-30(20-25)41(17-5-10-33(36)44)23-27-11-12-31-32(22-27)42(35(40-31)39-15-6-13-37-16-18-43)24-29-8-3-7-28-9-4-14-38-34(28)29/h4,9,11-12,14,19-22,24,28,34,37,43H,3,5-8,10,13,15-18,23H2,1-2H3,(H2,36,44)(H,39,40)/b29-24+/t28-,34?/m1/s1. The molecule has 1 aliphatic carbocycles. The number of nitrogens with two attached hydrogens (primary N) is 1. The van der Waals surface area contributed by atoms with Crippen molar-refractivity contribution in [2.24, 2.45) is 16.6 Å². The van der Waals surface area contributed by atoms with Crippen LogP contribution in [0.5, 0.6) is 0 Å². The topological polar surface area (TPSA) is 121 Å². The number of allylic oxidation sites excluding steroid dienone is 1. The van der Waals surface area contributed by atoms with Gasteiger partial charge in [0.2, 0.25) is 11.9 Å². The molecule has 1 unspecified atom stereocenters. The highest BCUT2D eigenvalue weighted by molar-refractivity contribution is 5.83. The second-order valence-electron chi connectivity index (χ2n) is 12.1. The van der Waals surface area contributed by atoms with Crippen molar-refractivity contribution in [1.29, 1.82) is 0 Å². The van der Waals surface area contributed by atoms with E-state index in [-0.39, 0.29) is 18.6 Å². The lowest BCUT2D eigenvalue weighted by Gasteiger charge is -2.31. The second-order valence-corrected chi connectivity index (χ2v) is 12.1. The molecule has 234 valence electrons. The van der Waals surface area contributed by atoms with E-state index in [1.54, 1.807) is 0 Å². The Hall–Kier alpha value is -3.95. The predicted octanol–water partition coefficient (Wildman–Crippen LogP) is 4.96. The van der Waals surface area contributed by atoms with Crippen molar-refractivity contribution >= 4 is 41.0 Å². The van der Waals surface area contributed by atoms with Crippen molar-refractivity contribution in [3.05, 3.63) is 70.8 Å². The Morgan fingerprint density at radius 2 is 1.98 bits per heavy atom. The summed E-state index contributed by atoms with van der Waals surface area (Å²) < 4.78 is 2.22. The summed E-state index contributed by atoms with van der Waals surface area (Å²) in [4.78, 5) is 23.7. The van der Waals surface area contributed by atoms with Crippen LogP contribution in [0, 0.1) is 19.8 Å². The minimum Gasteiger partial charge on any atom is -0.395 e. The Bertz CT molecular complexity index is 1500. The average molecular weight is 598 g/mol. The highest BCUT2D eigenvalue weighted by Crippen LogP contribution is 2.35. The number of rotatable bonds is 15. The number of fused-ring (bicyclic) bond motifs is 2. The molecule has 2 atom stereocenters. The third kappa shape index (κ3) is 8.15. The molecule has 1 aromatic heterocycles. The molecule has 1 saturated carbocycles. The predicted molar refractivity (Wildman–Crippen MR) is 181 cm³/mol. The van der Waals surface area contributed by atoms with Crippen molar-refractivity contribution in [2.75, 3.05) is 43.0 Å². The first-order chi connectivity index (χ1) is 21.4. The fourth-order valence-electron chi connectivity index (χ4n) is 6.38. The van der Waals surface area contributed by atoms with Crippen LogP contribution >= 0.6 is 0 Å². The van der Waals surface area contributed by atoms with Crippen molar-refractivity contribution < 1.29 is 9.90 Å². The van der Waals surface area contributed by atoms with Gasteiger partial charge in [0.15, 0.2) is 0 Å². The molecule has 0 bridgehead atoms. The maximum Gasteiger partial charge on any atom is 0.217 e. The number of dihydropyridines is 1. The highest BCUT2D eigenvalue weighted by atomic mass is 16.3. The average Bonchev–Trinajstić information content (AvgIpc) is 3.34. The van der Waals surface area contributed by atoms with E-state index in [1.807, 2.05) is 6.21 Å². The summed E-state index contributed by atoms with van der Waals surface area (Å²) in [6, 6.07) is 13.3. The Labute approximate surface area is 260 Å².